The van der Waals surface area contributed by atoms with Crippen LogP contribution in [0.15, 0.2) is 79.2 Å². The van der Waals surface area contributed by atoms with Crippen LogP contribution in [-0.2, 0) is 6.61 Å². The third kappa shape index (κ3) is 6.92. The van der Waals surface area contributed by atoms with E-state index in [0.717, 1.165) is 24.5 Å². The van der Waals surface area contributed by atoms with Crippen LogP contribution >= 0.6 is 47.8 Å². The summed E-state index contributed by atoms with van der Waals surface area (Å²) in [7, 11) is 0. The number of nitrogens with one attached hydrogen (secondary N) is 1. The number of halogens is 3. The second-order valence-corrected chi connectivity index (χ2v) is 9.06. The normalized spacial score (nSPS) is 10.8. The van der Waals surface area contributed by atoms with Crippen LogP contribution in [0.3, 0.4) is 0 Å². The molecule has 8 heteroatoms. The van der Waals surface area contributed by atoms with E-state index in [-0.39, 0.29) is 5.91 Å². The first kappa shape index (κ1) is 23.5. The molecule has 0 aromatic heterocycles. The maximum absolute atomic E-state index is 12.2. The van der Waals surface area contributed by atoms with Gasteiger partial charge < -0.3 is 9.47 Å². The van der Waals surface area contributed by atoms with Crippen LogP contribution in [0, 0.1) is 0 Å². The van der Waals surface area contributed by atoms with Crippen molar-refractivity contribution in [2.75, 3.05) is 6.61 Å². The minimum Gasteiger partial charge on any atom is -0.490 e. The number of rotatable bonds is 8. The fraction of sp³-hybridized carbons (Fsp3) is 0.130. The van der Waals surface area contributed by atoms with Crippen LogP contribution < -0.4 is 14.9 Å². The molecule has 0 saturated heterocycles. The zero-order valence-corrected chi connectivity index (χ0v) is 21.3. The number of ether oxygens (including phenoxy) is 2. The molecule has 1 amide bonds. The highest BCUT2D eigenvalue weighted by Crippen LogP contribution is 2.34. The second kappa shape index (κ2) is 11.5. The van der Waals surface area contributed by atoms with Crippen molar-refractivity contribution < 1.29 is 14.3 Å². The van der Waals surface area contributed by atoms with Gasteiger partial charge in [-0.1, -0.05) is 50.1 Å². The van der Waals surface area contributed by atoms with E-state index < -0.39 is 0 Å². The van der Waals surface area contributed by atoms with Gasteiger partial charge in [0.1, 0.15) is 6.61 Å². The number of benzene rings is 3. The quantitative estimate of drug-likeness (QED) is 0.228. The van der Waals surface area contributed by atoms with Crippen LogP contribution in [0.2, 0.25) is 0 Å². The smallest absolute Gasteiger partial charge is 0.271 e. The van der Waals surface area contributed by atoms with Gasteiger partial charge in [-0.3, -0.25) is 4.79 Å². The number of hydrogen-bond donors (Lipinski definition) is 1. The summed E-state index contributed by atoms with van der Waals surface area (Å²) in [6.07, 6.45) is 1.56. The fourth-order valence-electron chi connectivity index (χ4n) is 2.63. The second-order valence-electron chi connectivity index (χ2n) is 6.38. The van der Waals surface area contributed by atoms with Crippen molar-refractivity contribution in [1.82, 2.24) is 5.43 Å². The molecule has 160 valence electrons. The van der Waals surface area contributed by atoms with Crippen LogP contribution in [0.1, 0.15) is 28.4 Å². The standard InChI is InChI=1S/C23H19Br3N2O3/c1-2-30-21-11-17(13-27-28-23(29)16-4-3-5-19(25)10-16)20(26)12-22(21)31-14-15-6-8-18(24)9-7-15/h3-13H,2,14H2,1H3,(H,28,29)/b27-13-. The van der Waals surface area contributed by atoms with E-state index in [1.165, 1.54) is 0 Å². The lowest BCUT2D eigenvalue weighted by atomic mass is 10.2. The molecule has 0 fully saturated rings. The van der Waals surface area contributed by atoms with Gasteiger partial charge in [-0.25, -0.2) is 5.43 Å². The van der Waals surface area contributed by atoms with E-state index in [4.69, 9.17) is 9.47 Å². The molecule has 31 heavy (non-hydrogen) atoms. The van der Waals surface area contributed by atoms with Gasteiger partial charge in [-0.15, -0.1) is 0 Å². The van der Waals surface area contributed by atoms with Gasteiger partial charge in [0.25, 0.3) is 5.91 Å². The molecule has 0 atom stereocenters. The molecule has 5 nitrogen and oxygen atoms in total. The lowest BCUT2D eigenvalue weighted by molar-refractivity contribution is 0.0955. The number of carbonyl (C=O) groups is 1. The van der Waals surface area contributed by atoms with E-state index in [2.05, 4.69) is 58.3 Å². The molecule has 3 rings (SSSR count). The molecule has 0 bridgehead atoms. The van der Waals surface area contributed by atoms with E-state index >= 15 is 0 Å². The van der Waals surface area contributed by atoms with Crippen molar-refractivity contribution in [2.24, 2.45) is 5.10 Å². The van der Waals surface area contributed by atoms with Crippen LogP contribution in [0.4, 0.5) is 0 Å². The molecule has 1 N–H and O–H groups in total. The number of hydrogen-bond acceptors (Lipinski definition) is 4. The first-order chi connectivity index (χ1) is 15.0. The van der Waals surface area contributed by atoms with Crippen LogP contribution in [0.25, 0.3) is 0 Å². The summed E-state index contributed by atoms with van der Waals surface area (Å²) in [5.41, 5.74) is 4.83. The Balaban J connectivity index is 1.72. The number of nitrogens with zero attached hydrogens (tertiary/aromatic N) is 1. The van der Waals surface area contributed by atoms with Gasteiger partial charge in [0, 0.05) is 24.5 Å². The molecule has 0 aliphatic heterocycles. The summed E-state index contributed by atoms with van der Waals surface area (Å²) < 4.78 is 14.3. The summed E-state index contributed by atoms with van der Waals surface area (Å²) in [5.74, 6) is 0.919. The zero-order valence-electron chi connectivity index (χ0n) is 16.6. The van der Waals surface area contributed by atoms with Crippen molar-refractivity contribution in [2.45, 2.75) is 13.5 Å². The van der Waals surface area contributed by atoms with Crippen molar-refractivity contribution >= 4 is 59.9 Å². The van der Waals surface area contributed by atoms with Gasteiger partial charge in [0.2, 0.25) is 0 Å². The highest BCUT2D eigenvalue weighted by Gasteiger charge is 2.11. The summed E-state index contributed by atoms with van der Waals surface area (Å²) in [5, 5.41) is 4.07. The predicted octanol–water partition coefficient (Wildman–Crippen LogP) is 6.72. The lowest BCUT2D eigenvalue weighted by Crippen LogP contribution is -2.17. The van der Waals surface area contributed by atoms with E-state index in [0.29, 0.717) is 30.3 Å². The highest BCUT2D eigenvalue weighted by atomic mass is 79.9. The summed E-state index contributed by atoms with van der Waals surface area (Å²) in [6, 6.07) is 18.7. The summed E-state index contributed by atoms with van der Waals surface area (Å²) in [4.78, 5) is 12.2. The SMILES string of the molecule is CCOc1cc(/C=N\NC(=O)c2cccc(Br)c2)c(Br)cc1OCc1ccc(Br)cc1. The first-order valence-corrected chi connectivity index (χ1v) is 11.8. The molecule has 3 aromatic rings. The Kier molecular flexibility index (Phi) is 8.69. The van der Waals surface area contributed by atoms with Crippen LogP contribution in [0.5, 0.6) is 11.5 Å². The van der Waals surface area contributed by atoms with E-state index in [9.17, 15) is 4.79 Å². The molecule has 3 aromatic carbocycles. The molecular weight excluding hydrogens is 592 g/mol. The van der Waals surface area contributed by atoms with Gasteiger partial charge in [-0.2, -0.15) is 5.10 Å². The molecule has 0 heterocycles. The van der Waals surface area contributed by atoms with E-state index in [1.807, 2.05) is 49.4 Å². The number of amides is 1. The zero-order chi connectivity index (χ0) is 22.2. The van der Waals surface area contributed by atoms with Gasteiger partial charge >= 0.3 is 0 Å². The molecule has 0 spiro atoms. The van der Waals surface area contributed by atoms with Gasteiger partial charge in [0.15, 0.2) is 11.5 Å². The third-order valence-electron chi connectivity index (χ3n) is 4.13. The Morgan fingerprint density at radius 1 is 0.968 bits per heavy atom. The molecule has 0 aliphatic carbocycles. The molecule has 0 aliphatic rings. The molecule has 0 unspecified atom stereocenters. The van der Waals surface area contributed by atoms with Crippen LogP contribution in [-0.4, -0.2) is 18.7 Å². The monoisotopic (exact) mass is 608 g/mol. The van der Waals surface area contributed by atoms with Crippen molar-refractivity contribution in [3.05, 3.63) is 90.8 Å². The predicted molar refractivity (Wildman–Crippen MR) is 133 cm³/mol. The fourth-order valence-corrected chi connectivity index (χ4v) is 3.72. The summed E-state index contributed by atoms with van der Waals surface area (Å²) in [6.45, 7) is 2.81. The van der Waals surface area contributed by atoms with Gasteiger partial charge in [0.05, 0.1) is 12.8 Å². The minimum atomic E-state index is -0.298. The summed E-state index contributed by atoms with van der Waals surface area (Å²) >= 11 is 10.3. The van der Waals surface area contributed by atoms with Crippen molar-refractivity contribution in [3.8, 4) is 11.5 Å². The maximum Gasteiger partial charge on any atom is 0.271 e. The van der Waals surface area contributed by atoms with Gasteiger partial charge in [-0.05, 0) is 70.9 Å². The Labute approximate surface area is 206 Å². The minimum absolute atomic E-state index is 0.298. The lowest BCUT2D eigenvalue weighted by Gasteiger charge is -2.14. The molecule has 0 saturated carbocycles. The topological polar surface area (TPSA) is 59.9 Å². The Morgan fingerprint density at radius 2 is 1.71 bits per heavy atom. The Morgan fingerprint density at radius 3 is 2.42 bits per heavy atom. The number of hydrazone groups is 1. The molecule has 0 radical (unpaired) electrons. The Bertz CT molecular complexity index is 1090. The average molecular weight is 611 g/mol. The number of carbonyl (C=O) groups excluding carboxylic acids is 1. The average Bonchev–Trinajstić information content (AvgIpc) is 2.75. The molecular formula is C23H19Br3N2O3. The Hall–Kier alpha value is -2.16. The first-order valence-electron chi connectivity index (χ1n) is 9.39. The maximum atomic E-state index is 12.2. The third-order valence-corrected chi connectivity index (χ3v) is 5.84. The largest absolute Gasteiger partial charge is 0.490 e. The van der Waals surface area contributed by atoms with Crippen molar-refractivity contribution in [3.63, 3.8) is 0 Å². The van der Waals surface area contributed by atoms with Crippen molar-refractivity contribution in [1.29, 1.82) is 0 Å². The highest BCUT2D eigenvalue weighted by molar-refractivity contribution is 9.11. The van der Waals surface area contributed by atoms with E-state index in [1.54, 1.807) is 24.4 Å².